The maximum atomic E-state index is 13.0. The molecule has 1 heterocycles. The molecule has 0 bridgehead atoms. The SMILES string of the molecule is C=CCn1c(COc2ccc(F)cc2)nnc1S[C@H](C)C(=O)NCC(C)C. The van der Waals surface area contributed by atoms with E-state index in [1.165, 1.54) is 23.9 Å². The molecule has 1 amide bonds. The van der Waals surface area contributed by atoms with Crippen LogP contribution in [-0.4, -0.2) is 32.5 Å². The lowest BCUT2D eigenvalue weighted by atomic mass is 10.2. The minimum atomic E-state index is -0.319. The van der Waals surface area contributed by atoms with Gasteiger partial charge in [0.15, 0.2) is 11.0 Å². The highest BCUT2D eigenvalue weighted by Crippen LogP contribution is 2.23. The Kier molecular flexibility index (Phi) is 7.84. The Balaban J connectivity index is 2.03. The summed E-state index contributed by atoms with van der Waals surface area (Å²) in [4.78, 5) is 12.2. The number of rotatable bonds is 10. The largest absolute Gasteiger partial charge is 0.486 e. The number of benzene rings is 1. The van der Waals surface area contributed by atoms with E-state index in [9.17, 15) is 9.18 Å². The highest BCUT2D eigenvalue weighted by atomic mass is 32.2. The average molecular weight is 393 g/mol. The van der Waals surface area contributed by atoms with Crippen LogP contribution in [-0.2, 0) is 17.9 Å². The maximum Gasteiger partial charge on any atom is 0.233 e. The summed E-state index contributed by atoms with van der Waals surface area (Å²) in [7, 11) is 0. The Labute approximate surface area is 163 Å². The smallest absolute Gasteiger partial charge is 0.233 e. The van der Waals surface area contributed by atoms with Crippen molar-refractivity contribution in [3.63, 3.8) is 0 Å². The van der Waals surface area contributed by atoms with E-state index in [4.69, 9.17) is 4.74 Å². The van der Waals surface area contributed by atoms with Gasteiger partial charge in [0.2, 0.25) is 5.91 Å². The second kappa shape index (κ2) is 10.1. The van der Waals surface area contributed by atoms with Crippen molar-refractivity contribution in [2.45, 2.75) is 44.3 Å². The van der Waals surface area contributed by atoms with Crippen LogP contribution in [0.4, 0.5) is 4.39 Å². The molecule has 2 rings (SSSR count). The average Bonchev–Trinajstić information content (AvgIpc) is 3.01. The lowest BCUT2D eigenvalue weighted by Crippen LogP contribution is -2.33. The molecule has 1 N–H and O–H groups in total. The fourth-order valence-electron chi connectivity index (χ4n) is 2.16. The molecule has 6 nitrogen and oxygen atoms in total. The molecule has 0 radical (unpaired) electrons. The molecule has 0 aliphatic rings. The number of allylic oxidation sites excluding steroid dienone is 1. The second-order valence-electron chi connectivity index (χ2n) is 6.44. The number of halogens is 1. The number of thioether (sulfide) groups is 1. The van der Waals surface area contributed by atoms with Crippen LogP contribution in [0, 0.1) is 11.7 Å². The van der Waals surface area contributed by atoms with Gasteiger partial charge in [0.25, 0.3) is 0 Å². The predicted molar refractivity (Wildman–Crippen MR) is 104 cm³/mol. The van der Waals surface area contributed by atoms with Crippen LogP contribution in [0.1, 0.15) is 26.6 Å². The molecular formula is C19H25FN4O2S. The van der Waals surface area contributed by atoms with Gasteiger partial charge in [-0.1, -0.05) is 31.7 Å². The zero-order valence-electron chi connectivity index (χ0n) is 15.8. The van der Waals surface area contributed by atoms with Gasteiger partial charge in [0.05, 0.1) is 5.25 Å². The fraction of sp³-hybridized carbons (Fsp3) is 0.421. The lowest BCUT2D eigenvalue weighted by molar-refractivity contribution is -0.120. The van der Waals surface area contributed by atoms with Gasteiger partial charge in [-0.25, -0.2) is 4.39 Å². The molecule has 2 aromatic rings. The molecule has 0 unspecified atom stereocenters. The summed E-state index contributed by atoms with van der Waals surface area (Å²) in [5.41, 5.74) is 0. The van der Waals surface area contributed by atoms with Crippen LogP contribution in [0.3, 0.4) is 0 Å². The number of nitrogens with one attached hydrogen (secondary N) is 1. The standard InChI is InChI=1S/C19H25FN4O2S/c1-5-10-24-17(12-26-16-8-6-15(20)7-9-16)22-23-19(24)27-14(4)18(25)21-11-13(2)3/h5-9,13-14H,1,10-12H2,2-4H3,(H,21,25)/t14-/m1/s1. The van der Waals surface area contributed by atoms with Crippen LogP contribution in [0.15, 0.2) is 42.1 Å². The van der Waals surface area contributed by atoms with Crippen LogP contribution in [0.5, 0.6) is 5.75 Å². The Morgan fingerprint density at radius 1 is 1.33 bits per heavy atom. The van der Waals surface area contributed by atoms with Gasteiger partial charge in [-0.3, -0.25) is 9.36 Å². The van der Waals surface area contributed by atoms with Gasteiger partial charge >= 0.3 is 0 Å². The molecule has 1 aromatic heterocycles. The summed E-state index contributed by atoms with van der Waals surface area (Å²) in [5, 5.41) is 11.6. The number of carbonyl (C=O) groups is 1. The van der Waals surface area contributed by atoms with E-state index in [1.807, 2.05) is 25.3 Å². The van der Waals surface area contributed by atoms with Gasteiger partial charge < -0.3 is 10.1 Å². The molecule has 146 valence electrons. The molecule has 1 atom stereocenters. The molecule has 0 saturated carbocycles. The summed E-state index contributed by atoms with van der Waals surface area (Å²) in [6, 6.07) is 5.78. The van der Waals surface area contributed by atoms with E-state index in [0.29, 0.717) is 35.7 Å². The van der Waals surface area contributed by atoms with Gasteiger partial charge in [0, 0.05) is 13.1 Å². The first-order valence-corrected chi connectivity index (χ1v) is 9.64. The Morgan fingerprint density at radius 3 is 2.67 bits per heavy atom. The van der Waals surface area contributed by atoms with Gasteiger partial charge in [0.1, 0.15) is 18.2 Å². The third-order valence-corrected chi connectivity index (χ3v) is 4.70. The Morgan fingerprint density at radius 2 is 2.04 bits per heavy atom. The first-order valence-electron chi connectivity index (χ1n) is 8.76. The lowest BCUT2D eigenvalue weighted by Gasteiger charge is -2.14. The van der Waals surface area contributed by atoms with E-state index in [-0.39, 0.29) is 23.6 Å². The minimum Gasteiger partial charge on any atom is -0.486 e. The van der Waals surface area contributed by atoms with Crippen molar-refractivity contribution in [3.8, 4) is 5.75 Å². The summed E-state index contributed by atoms with van der Waals surface area (Å²) >= 11 is 1.34. The molecule has 1 aromatic carbocycles. The highest BCUT2D eigenvalue weighted by molar-refractivity contribution is 8.00. The number of hydrogen-bond donors (Lipinski definition) is 1. The number of nitrogens with zero attached hydrogens (tertiary/aromatic N) is 3. The Bertz CT molecular complexity index is 762. The topological polar surface area (TPSA) is 69.0 Å². The molecule has 0 aliphatic carbocycles. The number of aromatic nitrogens is 3. The summed E-state index contributed by atoms with van der Waals surface area (Å²) < 4.78 is 20.5. The van der Waals surface area contributed by atoms with Crippen molar-refractivity contribution in [1.82, 2.24) is 20.1 Å². The minimum absolute atomic E-state index is 0.0361. The third-order valence-electron chi connectivity index (χ3n) is 3.62. The van der Waals surface area contributed by atoms with Crippen LogP contribution in [0.25, 0.3) is 0 Å². The molecular weight excluding hydrogens is 367 g/mol. The predicted octanol–water partition coefficient (Wildman–Crippen LogP) is 3.44. The van der Waals surface area contributed by atoms with E-state index in [1.54, 1.807) is 18.2 Å². The van der Waals surface area contributed by atoms with Crippen molar-refractivity contribution < 1.29 is 13.9 Å². The van der Waals surface area contributed by atoms with Gasteiger partial charge in [-0.15, -0.1) is 16.8 Å². The quantitative estimate of drug-likeness (QED) is 0.496. The van der Waals surface area contributed by atoms with Crippen molar-refractivity contribution in [2.24, 2.45) is 5.92 Å². The molecule has 0 spiro atoms. The van der Waals surface area contributed by atoms with Gasteiger partial charge in [-0.05, 0) is 37.1 Å². The van der Waals surface area contributed by atoms with Crippen LogP contribution in [0.2, 0.25) is 0 Å². The second-order valence-corrected chi connectivity index (χ2v) is 7.75. The van der Waals surface area contributed by atoms with Crippen molar-refractivity contribution in [1.29, 1.82) is 0 Å². The zero-order valence-corrected chi connectivity index (χ0v) is 16.6. The van der Waals surface area contributed by atoms with Crippen LogP contribution >= 0.6 is 11.8 Å². The number of hydrogen-bond acceptors (Lipinski definition) is 5. The summed E-state index contributed by atoms with van der Waals surface area (Å²) in [5.74, 6) is 1.19. The first kappa shape index (κ1) is 21.0. The maximum absolute atomic E-state index is 13.0. The van der Waals surface area contributed by atoms with Crippen molar-refractivity contribution >= 4 is 17.7 Å². The normalized spacial score (nSPS) is 12.0. The summed E-state index contributed by atoms with van der Waals surface area (Å²) in [6.45, 7) is 11.0. The zero-order chi connectivity index (χ0) is 19.8. The van der Waals surface area contributed by atoms with Crippen molar-refractivity contribution in [3.05, 3.63) is 48.6 Å². The van der Waals surface area contributed by atoms with E-state index < -0.39 is 0 Å². The van der Waals surface area contributed by atoms with Gasteiger partial charge in [-0.2, -0.15) is 0 Å². The van der Waals surface area contributed by atoms with E-state index in [2.05, 4.69) is 22.1 Å². The highest BCUT2D eigenvalue weighted by Gasteiger charge is 2.20. The molecule has 0 aliphatic heterocycles. The number of amides is 1. The molecule has 27 heavy (non-hydrogen) atoms. The Hall–Kier alpha value is -2.35. The molecule has 0 saturated heterocycles. The molecule has 8 heteroatoms. The fourth-order valence-corrected chi connectivity index (χ4v) is 3.07. The molecule has 0 fully saturated rings. The summed E-state index contributed by atoms with van der Waals surface area (Å²) in [6.07, 6.45) is 1.73. The number of ether oxygens (including phenoxy) is 1. The third kappa shape index (κ3) is 6.39. The first-order chi connectivity index (χ1) is 12.9. The van der Waals surface area contributed by atoms with E-state index in [0.717, 1.165) is 0 Å². The van der Waals surface area contributed by atoms with Crippen LogP contribution < -0.4 is 10.1 Å². The van der Waals surface area contributed by atoms with Crippen molar-refractivity contribution in [2.75, 3.05) is 6.54 Å². The monoisotopic (exact) mass is 392 g/mol. The van der Waals surface area contributed by atoms with E-state index >= 15 is 0 Å². The number of carbonyl (C=O) groups excluding carboxylic acids is 1.